The van der Waals surface area contributed by atoms with Crippen molar-refractivity contribution in [3.8, 4) is 28.6 Å². The molecule has 156 valence electrons. The van der Waals surface area contributed by atoms with Crippen molar-refractivity contribution in [2.24, 2.45) is 0 Å². The zero-order valence-electron chi connectivity index (χ0n) is 17.2. The van der Waals surface area contributed by atoms with Crippen LogP contribution in [0.3, 0.4) is 0 Å². The van der Waals surface area contributed by atoms with Crippen molar-refractivity contribution in [3.63, 3.8) is 0 Å². The van der Waals surface area contributed by atoms with Gasteiger partial charge in [0.25, 0.3) is 0 Å². The second kappa shape index (κ2) is 9.60. The molecule has 1 N–H and O–H groups in total. The third kappa shape index (κ3) is 4.78. The highest BCUT2D eigenvalue weighted by atomic mass is 16.5. The molecule has 3 aromatic rings. The molecule has 0 saturated heterocycles. The number of methoxy groups -OCH3 is 3. The lowest BCUT2D eigenvalue weighted by Crippen LogP contribution is -2.24. The third-order valence-corrected chi connectivity index (χ3v) is 4.32. The Hall–Kier alpha value is -3.81. The standard InChI is InChI=1S/C22H23N3O5/c1-14(23-19(26)11-10-15-8-6-5-7-9-15)22-24-21(25-30-22)16-12-17(27-2)20(29-4)18(13-16)28-3/h5-14H,1-4H3,(H,23,26). The third-order valence-electron chi connectivity index (χ3n) is 4.32. The molecule has 8 heteroatoms. The van der Waals surface area contributed by atoms with Gasteiger partial charge in [-0.05, 0) is 30.7 Å². The van der Waals surface area contributed by atoms with Gasteiger partial charge in [-0.3, -0.25) is 4.79 Å². The van der Waals surface area contributed by atoms with Gasteiger partial charge in [0, 0.05) is 11.6 Å². The van der Waals surface area contributed by atoms with Crippen molar-refractivity contribution in [3.05, 3.63) is 60.0 Å². The van der Waals surface area contributed by atoms with Crippen molar-refractivity contribution in [1.82, 2.24) is 15.5 Å². The summed E-state index contributed by atoms with van der Waals surface area (Å²) in [5.41, 5.74) is 1.56. The molecule has 0 bridgehead atoms. The van der Waals surface area contributed by atoms with Gasteiger partial charge >= 0.3 is 0 Å². The summed E-state index contributed by atoms with van der Waals surface area (Å²) in [4.78, 5) is 16.6. The highest BCUT2D eigenvalue weighted by Crippen LogP contribution is 2.40. The van der Waals surface area contributed by atoms with Crippen LogP contribution in [0.1, 0.15) is 24.4 Å². The molecule has 0 spiro atoms. The zero-order valence-corrected chi connectivity index (χ0v) is 17.2. The number of benzene rings is 2. The SMILES string of the molecule is COc1cc(-c2noc(C(C)NC(=O)C=Cc3ccccc3)n2)cc(OC)c1OC. The zero-order chi connectivity index (χ0) is 21.5. The van der Waals surface area contributed by atoms with E-state index in [-0.39, 0.29) is 11.8 Å². The molecular formula is C22H23N3O5. The van der Waals surface area contributed by atoms with E-state index in [1.165, 1.54) is 27.4 Å². The Labute approximate surface area is 174 Å². The van der Waals surface area contributed by atoms with E-state index >= 15 is 0 Å². The van der Waals surface area contributed by atoms with E-state index in [4.69, 9.17) is 18.7 Å². The highest BCUT2D eigenvalue weighted by molar-refractivity contribution is 5.91. The maximum atomic E-state index is 12.2. The lowest BCUT2D eigenvalue weighted by Gasteiger charge is -2.12. The summed E-state index contributed by atoms with van der Waals surface area (Å²) < 4.78 is 21.4. The van der Waals surface area contributed by atoms with E-state index in [2.05, 4.69) is 15.5 Å². The summed E-state index contributed by atoms with van der Waals surface area (Å²) in [6.45, 7) is 1.76. The Morgan fingerprint density at radius 1 is 1.07 bits per heavy atom. The van der Waals surface area contributed by atoms with Crippen molar-refractivity contribution in [2.45, 2.75) is 13.0 Å². The van der Waals surface area contributed by atoms with Gasteiger partial charge in [0.2, 0.25) is 23.4 Å². The molecular weight excluding hydrogens is 386 g/mol. The van der Waals surface area contributed by atoms with Gasteiger partial charge in [-0.25, -0.2) is 0 Å². The molecule has 8 nitrogen and oxygen atoms in total. The molecule has 0 radical (unpaired) electrons. The first kappa shape index (κ1) is 20.9. The van der Waals surface area contributed by atoms with E-state index in [1.54, 1.807) is 25.1 Å². The second-order valence-corrected chi connectivity index (χ2v) is 6.34. The number of carbonyl (C=O) groups excluding carboxylic acids is 1. The van der Waals surface area contributed by atoms with Gasteiger partial charge < -0.3 is 24.1 Å². The number of hydrogen-bond acceptors (Lipinski definition) is 7. The summed E-state index contributed by atoms with van der Waals surface area (Å²) in [7, 11) is 4.59. The Balaban J connectivity index is 1.74. The Morgan fingerprint density at radius 3 is 2.33 bits per heavy atom. The lowest BCUT2D eigenvalue weighted by molar-refractivity contribution is -0.117. The molecule has 1 unspecified atom stereocenters. The predicted molar refractivity (Wildman–Crippen MR) is 111 cm³/mol. The fourth-order valence-electron chi connectivity index (χ4n) is 2.80. The first-order valence-corrected chi connectivity index (χ1v) is 9.23. The number of nitrogens with one attached hydrogen (secondary N) is 1. The van der Waals surface area contributed by atoms with Crippen molar-refractivity contribution in [1.29, 1.82) is 0 Å². The average Bonchev–Trinajstić information content (AvgIpc) is 3.28. The maximum absolute atomic E-state index is 12.2. The minimum Gasteiger partial charge on any atom is -0.493 e. The second-order valence-electron chi connectivity index (χ2n) is 6.34. The van der Waals surface area contributed by atoms with Crippen LogP contribution in [0.25, 0.3) is 17.5 Å². The molecule has 1 heterocycles. The van der Waals surface area contributed by atoms with Crippen LogP contribution >= 0.6 is 0 Å². The molecule has 0 fully saturated rings. The number of nitrogens with zero attached hydrogens (tertiary/aromatic N) is 2. The van der Waals surface area contributed by atoms with Gasteiger partial charge in [0.1, 0.15) is 6.04 Å². The van der Waals surface area contributed by atoms with E-state index in [0.29, 0.717) is 28.6 Å². The van der Waals surface area contributed by atoms with E-state index < -0.39 is 6.04 Å². The Bertz CT molecular complexity index is 1010. The van der Waals surface area contributed by atoms with Crippen LogP contribution in [0.4, 0.5) is 0 Å². The number of carbonyl (C=O) groups is 1. The summed E-state index contributed by atoms with van der Waals surface area (Å²) >= 11 is 0. The van der Waals surface area contributed by atoms with Crippen LogP contribution in [-0.4, -0.2) is 37.4 Å². The number of rotatable bonds is 8. The molecule has 3 rings (SSSR count). The summed E-state index contributed by atoms with van der Waals surface area (Å²) in [6.07, 6.45) is 3.19. The fourth-order valence-corrected chi connectivity index (χ4v) is 2.80. The van der Waals surface area contributed by atoms with E-state index in [0.717, 1.165) is 5.56 Å². The first-order chi connectivity index (χ1) is 14.5. The van der Waals surface area contributed by atoms with Gasteiger partial charge in [0.05, 0.1) is 21.3 Å². The largest absolute Gasteiger partial charge is 0.493 e. The molecule has 2 aromatic carbocycles. The van der Waals surface area contributed by atoms with Gasteiger partial charge in [-0.1, -0.05) is 35.5 Å². The minimum atomic E-state index is -0.471. The number of hydrogen-bond donors (Lipinski definition) is 1. The molecule has 0 aliphatic heterocycles. The molecule has 30 heavy (non-hydrogen) atoms. The van der Waals surface area contributed by atoms with Crippen LogP contribution in [0.5, 0.6) is 17.2 Å². The molecule has 1 aromatic heterocycles. The highest BCUT2D eigenvalue weighted by Gasteiger charge is 2.20. The van der Waals surface area contributed by atoms with Crippen molar-refractivity contribution < 1.29 is 23.5 Å². The molecule has 0 saturated carbocycles. The molecule has 0 aliphatic carbocycles. The number of aromatic nitrogens is 2. The fraction of sp³-hybridized carbons (Fsp3) is 0.227. The molecule has 1 amide bonds. The normalized spacial score (nSPS) is 11.9. The van der Waals surface area contributed by atoms with Crippen molar-refractivity contribution in [2.75, 3.05) is 21.3 Å². The minimum absolute atomic E-state index is 0.265. The Morgan fingerprint density at radius 2 is 1.73 bits per heavy atom. The van der Waals surface area contributed by atoms with Crippen LogP contribution in [0, 0.1) is 0 Å². The topological polar surface area (TPSA) is 95.7 Å². The van der Waals surface area contributed by atoms with Gasteiger partial charge in [0.15, 0.2) is 11.5 Å². The lowest BCUT2D eigenvalue weighted by atomic mass is 10.1. The number of ether oxygens (including phenoxy) is 3. The van der Waals surface area contributed by atoms with Crippen LogP contribution < -0.4 is 19.5 Å². The van der Waals surface area contributed by atoms with Crippen molar-refractivity contribution >= 4 is 12.0 Å². The average molecular weight is 409 g/mol. The van der Waals surface area contributed by atoms with Gasteiger partial charge in [-0.2, -0.15) is 4.98 Å². The maximum Gasteiger partial charge on any atom is 0.249 e. The summed E-state index contributed by atoms with van der Waals surface area (Å²) in [5.74, 6) is 1.78. The van der Waals surface area contributed by atoms with Crippen LogP contribution in [0.15, 0.2) is 53.1 Å². The summed E-state index contributed by atoms with van der Waals surface area (Å²) in [6, 6.07) is 12.5. The van der Waals surface area contributed by atoms with E-state index in [1.807, 2.05) is 30.3 Å². The Kier molecular flexibility index (Phi) is 6.69. The molecule has 0 aliphatic rings. The van der Waals surface area contributed by atoms with Gasteiger partial charge in [-0.15, -0.1) is 0 Å². The predicted octanol–water partition coefficient (Wildman–Crippen LogP) is 3.65. The number of amides is 1. The molecule has 1 atom stereocenters. The van der Waals surface area contributed by atoms with Crippen LogP contribution in [0.2, 0.25) is 0 Å². The summed E-state index contributed by atoms with van der Waals surface area (Å²) in [5, 5.41) is 6.81. The first-order valence-electron chi connectivity index (χ1n) is 9.23. The quantitative estimate of drug-likeness (QED) is 0.567. The van der Waals surface area contributed by atoms with E-state index in [9.17, 15) is 4.79 Å². The van der Waals surface area contributed by atoms with Crippen LogP contribution in [-0.2, 0) is 4.79 Å². The smallest absolute Gasteiger partial charge is 0.249 e. The monoisotopic (exact) mass is 409 g/mol.